The number of aliphatic carboxylic acids is 1. The van der Waals surface area contributed by atoms with Crippen LogP contribution in [-0.4, -0.2) is 50.3 Å². The van der Waals surface area contributed by atoms with Crippen LogP contribution in [0.2, 0.25) is 0 Å². The number of azide groups is 1. The summed E-state index contributed by atoms with van der Waals surface area (Å²) < 4.78 is 14.8. The lowest BCUT2D eigenvalue weighted by Crippen LogP contribution is -2.23. The highest BCUT2D eigenvalue weighted by Gasteiger charge is 2.14. The van der Waals surface area contributed by atoms with Gasteiger partial charge in [0.25, 0.3) is 0 Å². The van der Waals surface area contributed by atoms with Gasteiger partial charge in [-0.1, -0.05) is 5.11 Å². The molecule has 0 bridgehead atoms. The molecule has 0 radical (unpaired) electrons. The first-order chi connectivity index (χ1) is 7.72. The molecule has 0 saturated carbocycles. The molecular weight excluding hydrogens is 218 g/mol. The smallest absolute Gasteiger partial charge is 0.339 e. The van der Waals surface area contributed by atoms with Crippen LogP contribution in [0.15, 0.2) is 5.11 Å². The first-order valence-corrected chi connectivity index (χ1v) is 4.76. The van der Waals surface area contributed by atoms with Gasteiger partial charge >= 0.3 is 5.97 Å². The minimum absolute atomic E-state index is 0.0438. The van der Waals surface area contributed by atoms with Crippen LogP contribution in [0.1, 0.15) is 6.92 Å². The van der Waals surface area contributed by atoms with Gasteiger partial charge in [-0.2, -0.15) is 0 Å². The molecule has 0 fully saturated rings. The summed E-state index contributed by atoms with van der Waals surface area (Å²) in [6, 6.07) is 0. The highest BCUT2D eigenvalue weighted by Crippen LogP contribution is 1.95. The Morgan fingerprint density at radius 2 is 2.00 bits per heavy atom. The largest absolute Gasteiger partial charge is 0.479 e. The van der Waals surface area contributed by atoms with Crippen molar-refractivity contribution in [3.63, 3.8) is 0 Å². The van der Waals surface area contributed by atoms with Crippen molar-refractivity contribution in [2.75, 3.05) is 33.0 Å². The fraction of sp³-hybridized carbons (Fsp3) is 0.875. The Morgan fingerprint density at radius 3 is 2.56 bits per heavy atom. The number of carboxylic acids is 1. The number of ether oxygens (including phenoxy) is 3. The van der Waals surface area contributed by atoms with Gasteiger partial charge in [-0.05, 0) is 12.5 Å². The first kappa shape index (κ1) is 14.7. The second kappa shape index (κ2) is 10.2. The Hall–Kier alpha value is -1.34. The van der Waals surface area contributed by atoms with E-state index >= 15 is 0 Å². The predicted molar refractivity (Wildman–Crippen MR) is 53.8 cm³/mol. The van der Waals surface area contributed by atoms with Crippen LogP contribution in [0.5, 0.6) is 0 Å². The Kier molecular flexibility index (Phi) is 9.33. The normalized spacial score (nSPS) is 11.8. The summed E-state index contributed by atoms with van der Waals surface area (Å²) in [5.74, 6) is -1.33. The van der Waals surface area contributed by atoms with E-state index < -0.39 is 12.2 Å². The molecule has 1 atom stereocenters. The average Bonchev–Trinajstić information content (AvgIpc) is 2.26. The van der Waals surface area contributed by atoms with Gasteiger partial charge in [0.05, 0.1) is 26.4 Å². The van der Waals surface area contributed by atoms with E-state index in [-0.39, 0.29) is 13.2 Å². The third-order valence-electron chi connectivity index (χ3n) is 1.45. The molecule has 0 aromatic heterocycles. The number of carboxylic acid groups (broad SMARTS) is 1. The molecule has 1 N–H and O–H groups in total. The van der Waals surface area contributed by atoms with E-state index in [1.165, 1.54) is 0 Å². The van der Waals surface area contributed by atoms with Crippen molar-refractivity contribution in [3.8, 4) is 0 Å². The van der Waals surface area contributed by atoms with Crippen molar-refractivity contribution in [1.82, 2.24) is 0 Å². The number of rotatable bonds is 10. The van der Waals surface area contributed by atoms with Crippen molar-refractivity contribution in [2.45, 2.75) is 13.2 Å². The van der Waals surface area contributed by atoms with Gasteiger partial charge < -0.3 is 19.3 Å². The number of hydrogen-bond donors (Lipinski definition) is 1. The summed E-state index contributed by atoms with van der Waals surface area (Å²) >= 11 is 0. The van der Waals surface area contributed by atoms with Gasteiger partial charge in [0.15, 0.2) is 0 Å². The summed E-state index contributed by atoms with van der Waals surface area (Å²) in [5.41, 5.74) is 8.05. The second-order valence-corrected chi connectivity index (χ2v) is 2.58. The molecule has 1 unspecified atom stereocenters. The molecule has 0 spiro atoms. The van der Waals surface area contributed by atoms with E-state index in [0.717, 1.165) is 0 Å². The Labute approximate surface area is 92.7 Å². The number of carbonyl (C=O) groups is 1. The lowest BCUT2D eigenvalue weighted by atomic mass is 10.6. The maximum absolute atomic E-state index is 10.4. The SMILES string of the molecule is CCOCCOCCOC(N=[N+]=[N-])C(=O)O. The van der Waals surface area contributed by atoms with Gasteiger partial charge in [-0.15, -0.1) is 0 Å². The topological polar surface area (TPSA) is 114 Å². The van der Waals surface area contributed by atoms with Crippen LogP contribution in [-0.2, 0) is 19.0 Å². The monoisotopic (exact) mass is 233 g/mol. The quantitative estimate of drug-likeness (QED) is 0.259. The summed E-state index contributed by atoms with van der Waals surface area (Å²) in [6.45, 7) is 3.66. The van der Waals surface area contributed by atoms with Gasteiger partial charge in [-0.25, -0.2) is 4.79 Å². The van der Waals surface area contributed by atoms with E-state index in [1.807, 2.05) is 6.92 Å². The lowest BCUT2D eigenvalue weighted by molar-refractivity contribution is -0.150. The maximum atomic E-state index is 10.4. The van der Waals surface area contributed by atoms with Crippen molar-refractivity contribution < 1.29 is 24.1 Å². The van der Waals surface area contributed by atoms with Gasteiger partial charge in [0.1, 0.15) is 0 Å². The predicted octanol–water partition coefficient (Wildman–Crippen LogP) is 0.777. The summed E-state index contributed by atoms with van der Waals surface area (Å²) in [7, 11) is 0. The van der Waals surface area contributed by atoms with Crippen molar-refractivity contribution in [2.24, 2.45) is 5.11 Å². The zero-order chi connectivity index (χ0) is 12.2. The van der Waals surface area contributed by atoms with Crippen molar-refractivity contribution in [1.29, 1.82) is 0 Å². The van der Waals surface area contributed by atoms with E-state index in [4.69, 9.17) is 24.8 Å². The first-order valence-electron chi connectivity index (χ1n) is 4.76. The van der Waals surface area contributed by atoms with Crippen LogP contribution in [0.4, 0.5) is 0 Å². The Balaban J connectivity index is 3.48. The third kappa shape index (κ3) is 8.01. The molecule has 0 aliphatic carbocycles. The molecule has 0 heterocycles. The standard InChI is InChI=1S/C8H15N3O5/c1-2-14-3-4-15-5-6-16-7(8(12)13)10-11-9/h7H,2-6H2,1H3,(H,12,13). The Bertz CT molecular complexity index is 240. The lowest BCUT2D eigenvalue weighted by Gasteiger charge is -2.08. The van der Waals surface area contributed by atoms with Crippen LogP contribution in [0.3, 0.4) is 0 Å². The van der Waals surface area contributed by atoms with E-state index in [0.29, 0.717) is 19.8 Å². The summed E-state index contributed by atoms with van der Waals surface area (Å²) in [4.78, 5) is 12.8. The molecule has 0 amide bonds. The Morgan fingerprint density at radius 1 is 1.38 bits per heavy atom. The zero-order valence-electron chi connectivity index (χ0n) is 9.03. The molecule has 8 nitrogen and oxygen atoms in total. The molecule has 0 aromatic carbocycles. The average molecular weight is 233 g/mol. The van der Waals surface area contributed by atoms with Gasteiger partial charge in [0, 0.05) is 11.5 Å². The van der Waals surface area contributed by atoms with Gasteiger partial charge in [0.2, 0.25) is 6.23 Å². The molecule has 0 aliphatic heterocycles. The molecule has 0 aromatic rings. The van der Waals surface area contributed by atoms with Crippen molar-refractivity contribution >= 4 is 5.97 Å². The number of nitrogens with zero attached hydrogens (tertiary/aromatic N) is 3. The highest BCUT2D eigenvalue weighted by molar-refractivity contribution is 5.71. The molecule has 16 heavy (non-hydrogen) atoms. The van der Waals surface area contributed by atoms with Crippen LogP contribution >= 0.6 is 0 Å². The summed E-state index contributed by atoms with van der Waals surface area (Å²) in [5, 5.41) is 11.5. The van der Waals surface area contributed by atoms with Crippen LogP contribution < -0.4 is 0 Å². The highest BCUT2D eigenvalue weighted by atomic mass is 16.6. The third-order valence-corrected chi connectivity index (χ3v) is 1.45. The van der Waals surface area contributed by atoms with Crippen LogP contribution in [0, 0.1) is 0 Å². The zero-order valence-corrected chi connectivity index (χ0v) is 9.03. The molecule has 0 aliphatic rings. The van der Waals surface area contributed by atoms with Crippen molar-refractivity contribution in [3.05, 3.63) is 10.4 Å². The summed E-state index contributed by atoms with van der Waals surface area (Å²) in [6.07, 6.45) is -1.50. The fourth-order valence-electron chi connectivity index (χ4n) is 0.784. The molecule has 92 valence electrons. The fourth-order valence-corrected chi connectivity index (χ4v) is 0.784. The minimum Gasteiger partial charge on any atom is -0.479 e. The molecular formula is C8H15N3O5. The molecule has 0 rings (SSSR count). The van der Waals surface area contributed by atoms with Gasteiger partial charge in [-0.3, -0.25) is 0 Å². The maximum Gasteiger partial charge on any atom is 0.339 e. The molecule has 8 heteroatoms. The van der Waals surface area contributed by atoms with Crippen LogP contribution in [0.25, 0.3) is 10.4 Å². The minimum atomic E-state index is -1.50. The van der Waals surface area contributed by atoms with E-state index in [2.05, 4.69) is 10.0 Å². The second-order valence-electron chi connectivity index (χ2n) is 2.58. The number of hydrogen-bond acceptors (Lipinski definition) is 5. The van der Waals surface area contributed by atoms with E-state index in [1.54, 1.807) is 0 Å². The van der Waals surface area contributed by atoms with E-state index in [9.17, 15) is 4.79 Å². The molecule has 0 saturated heterocycles.